The van der Waals surface area contributed by atoms with Gasteiger partial charge in [0.25, 0.3) is 0 Å². The third-order valence-corrected chi connectivity index (χ3v) is 10.8. The number of para-hydroxylation sites is 2. The maximum Gasteiger partial charge on any atom is 0.241 e. The number of rotatable bonds is 6. The lowest BCUT2D eigenvalue weighted by Crippen LogP contribution is -2.49. The average molecular weight is 583 g/mol. The molecule has 2 heterocycles. The summed E-state index contributed by atoms with van der Waals surface area (Å²) in [7, 11) is 0. The molecule has 1 N–H and O–H groups in total. The molecule has 4 fully saturated rings. The Morgan fingerprint density at radius 1 is 0.884 bits per heavy atom. The van der Waals surface area contributed by atoms with E-state index in [1.54, 1.807) is 17.0 Å². The molecule has 8 nitrogen and oxygen atoms in total. The number of fused-ring (bicyclic) bond motifs is 4. The van der Waals surface area contributed by atoms with Crippen molar-refractivity contribution >= 4 is 29.3 Å². The van der Waals surface area contributed by atoms with Gasteiger partial charge in [0, 0.05) is 17.5 Å². The number of ether oxygens (including phenoxy) is 1. The van der Waals surface area contributed by atoms with Crippen LogP contribution in [0.25, 0.3) is 0 Å². The lowest BCUT2D eigenvalue weighted by Gasteiger charge is -2.49. The Hall–Kier alpha value is -3.78. The van der Waals surface area contributed by atoms with Crippen molar-refractivity contribution in [2.45, 2.75) is 63.8 Å². The van der Waals surface area contributed by atoms with Gasteiger partial charge in [-0.3, -0.25) is 24.1 Å². The number of hydrogen-bond donors (Lipinski definition) is 1. The van der Waals surface area contributed by atoms with Gasteiger partial charge in [-0.2, -0.15) is 0 Å². The SMILES string of the molecule is C[C@@]12C(=O)N(c3ccccc3)C(=O)[C@@H]1C[C@@H]1C(=CC[C@@H]3C(=O)N(C4CCCCC4)C(=O)[C@@H]31)[C@@H]2c1ccccc1OCCO. The number of hydrogen-bond acceptors (Lipinski definition) is 6. The van der Waals surface area contributed by atoms with Gasteiger partial charge in [0.2, 0.25) is 23.6 Å². The number of aliphatic hydroxyl groups is 1. The molecule has 2 saturated heterocycles. The van der Waals surface area contributed by atoms with Gasteiger partial charge in [-0.05, 0) is 56.7 Å². The van der Waals surface area contributed by atoms with Crippen LogP contribution < -0.4 is 9.64 Å². The molecule has 0 unspecified atom stereocenters. The molecule has 3 aliphatic carbocycles. The van der Waals surface area contributed by atoms with E-state index in [1.807, 2.05) is 49.4 Å². The zero-order valence-electron chi connectivity index (χ0n) is 24.5. The summed E-state index contributed by atoms with van der Waals surface area (Å²) >= 11 is 0. The van der Waals surface area contributed by atoms with Crippen LogP contribution in [-0.2, 0) is 19.2 Å². The fraction of sp³-hybridized carbons (Fsp3) is 0.486. The first-order valence-electron chi connectivity index (χ1n) is 15.7. The van der Waals surface area contributed by atoms with Gasteiger partial charge in [0.15, 0.2) is 0 Å². The van der Waals surface area contributed by atoms with Crippen molar-refractivity contribution in [3.63, 3.8) is 0 Å². The smallest absolute Gasteiger partial charge is 0.241 e. The minimum absolute atomic E-state index is 0.0525. The molecule has 224 valence electrons. The Morgan fingerprint density at radius 2 is 1.60 bits per heavy atom. The highest BCUT2D eigenvalue weighted by atomic mass is 16.5. The van der Waals surface area contributed by atoms with E-state index in [4.69, 9.17) is 4.74 Å². The van der Waals surface area contributed by atoms with Crippen LogP contribution in [0.4, 0.5) is 5.69 Å². The van der Waals surface area contributed by atoms with Gasteiger partial charge in [-0.1, -0.05) is 67.3 Å². The highest BCUT2D eigenvalue weighted by Gasteiger charge is 2.68. The minimum Gasteiger partial charge on any atom is -0.491 e. The van der Waals surface area contributed by atoms with Crippen molar-refractivity contribution in [2.75, 3.05) is 18.1 Å². The summed E-state index contributed by atoms with van der Waals surface area (Å²) in [6.07, 6.45) is 7.71. The number of amides is 4. The van der Waals surface area contributed by atoms with Crippen LogP contribution in [0.1, 0.15) is 63.4 Å². The van der Waals surface area contributed by atoms with E-state index in [2.05, 4.69) is 6.08 Å². The number of aliphatic hydroxyl groups excluding tert-OH is 1. The first-order valence-corrected chi connectivity index (χ1v) is 15.7. The van der Waals surface area contributed by atoms with Gasteiger partial charge in [0.1, 0.15) is 12.4 Å². The summed E-state index contributed by atoms with van der Waals surface area (Å²) < 4.78 is 5.99. The second-order valence-electron chi connectivity index (χ2n) is 12.9. The molecule has 8 heteroatoms. The predicted molar refractivity (Wildman–Crippen MR) is 159 cm³/mol. The van der Waals surface area contributed by atoms with Gasteiger partial charge < -0.3 is 9.84 Å². The summed E-state index contributed by atoms with van der Waals surface area (Å²) in [5, 5.41) is 9.53. The molecule has 43 heavy (non-hydrogen) atoms. The molecule has 0 spiro atoms. The van der Waals surface area contributed by atoms with Crippen LogP contribution in [0.2, 0.25) is 0 Å². The summed E-state index contributed by atoms with van der Waals surface area (Å²) in [5.41, 5.74) is 1.11. The van der Waals surface area contributed by atoms with Gasteiger partial charge in [-0.25, -0.2) is 4.90 Å². The fourth-order valence-corrected chi connectivity index (χ4v) is 8.91. The number of carbonyl (C=O) groups excluding carboxylic acids is 4. The van der Waals surface area contributed by atoms with Crippen LogP contribution >= 0.6 is 0 Å². The Bertz CT molecular complexity index is 1500. The van der Waals surface area contributed by atoms with Crippen LogP contribution in [0.15, 0.2) is 66.2 Å². The molecule has 0 bridgehead atoms. The van der Waals surface area contributed by atoms with Crippen LogP contribution in [0.3, 0.4) is 0 Å². The molecular weight excluding hydrogens is 544 g/mol. The van der Waals surface area contributed by atoms with Crippen molar-refractivity contribution in [1.29, 1.82) is 0 Å². The van der Waals surface area contributed by atoms with E-state index in [1.165, 1.54) is 4.90 Å². The molecule has 4 amide bonds. The first-order chi connectivity index (χ1) is 20.9. The largest absolute Gasteiger partial charge is 0.491 e. The highest BCUT2D eigenvalue weighted by molar-refractivity contribution is 6.24. The third-order valence-electron chi connectivity index (χ3n) is 10.8. The van der Waals surface area contributed by atoms with Crippen molar-refractivity contribution in [1.82, 2.24) is 4.90 Å². The summed E-state index contributed by atoms with van der Waals surface area (Å²) in [4.78, 5) is 59.7. The summed E-state index contributed by atoms with van der Waals surface area (Å²) in [5.74, 6) is -2.71. The van der Waals surface area contributed by atoms with Gasteiger partial charge in [-0.15, -0.1) is 0 Å². The quantitative estimate of drug-likeness (QED) is 0.394. The Morgan fingerprint density at radius 3 is 2.35 bits per heavy atom. The Kier molecular flexibility index (Phi) is 7.00. The molecule has 5 aliphatic rings. The van der Waals surface area contributed by atoms with E-state index >= 15 is 0 Å². The molecular formula is C35H38N2O6. The number of anilines is 1. The predicted octanol–water partition coefficient (Wildman–Crippen LogP) is 4.62. The van der Waals surface area contributed by atoms with Crippen LogP contribution in [0, 0.1) is 29.1 Å². The van der Waals surface area contributed by atoms with Crippen LogP contribution in [0.5, 0.6) is 5.75 Å². The van der Waals surface area contributed by atoms with Gasteiger partial charge >= 0.3 is 0 Å². The van der Waals surface area contributed by atoms with E-state index in [9.17, 15) is 24.3 Å². The second kappa shape index (κ2) is 10.7. The molecule has 0 aromatic heterocycles. The standard InChI is InChI=1S/C35H38N2O6/c1-35-27(32(40)37(34(35)42)22-12-6-3-7-13-22)20-26-23(30(35)24-14-8-9-15-28(24)43-19-18-38)16-17-25-29(26)33(41)36(31(25)39)21-10-4-2-5-11-21/h3,6-9,12-16,21,25-27,29-30,38H,2,4-5,10-11,17-20H2,1H3/t25-,26+,27-,29-,30+,35+/m0/s1. The molecule has 2 saturated carbocycles. The minimum atomic E-state index is -1.13. The molecule has 6 atom stereocenters. The van der Waals surface area contributed by atoms with E-state index in [-0.39, 0.29) is 48.8 Å². The zero-order valence-corrected chi connectivity index (χ0v) is 24.5. The summed E-state index contributed by atoms with van der Waals surface area (Å²) in [6.45, 7) is 1.80. The lowest BCUT2D eigenvalue weighted by molar-refractivity contribution is -0.144. The van der Waals surface area contributed by atoms with Crippen molar-refractivity contribution < 1.29 is 29.0 Å². The fourth-order valence-electron chi connectivity index (χ4n) is 8.91. The van der Waals surface area contributed by atoms with E-state index in [0.29, 0.717) is 24.3 Å². The maximum absolute atomic E-state index is 14.5. The number of carbonyl (C=O) groups is 4. The number of benzene rings is 2. The molecule has 2 aliphatic heterocycles. The number of nitrogens with zero attached hydrogens (tertiary/aromatic N) is 2. The topological polar surface area (TPSA) is 104 Å². The maximum atomic E-state index is 14.5. The number of imide groups is 2. The second-order valence-corrected chi connectivity index (χ2v) is 12.9. The Labute approximate surface area is 251 Å². The normalized spacial score (nSPS) is 32.4. The van der Waals surface area contributed by atoms with E-state index < -0.39 is 29.1 Å². The van der Waals surface area contributed by atoms with Crippen molar-refractivity contribution in [2.24, 2.45) is 29.1 Å². The molecule has 7 rings (SSSR count). The average Bonchev–Trinajstić information content (AvgIpc) is 3.40. The van der Waals surface area contributed by atoms with Crippen LogP contribution in [-0.4, -0.2) is 52.9 Å². The molecule has 2 aromatic rings. The van der Waals surface area contributed by atoms with Crippen molar-refractivity contribution in [3.8, 4) is 5.75 Å². The number of likely N-dealkylation sites (tertiary alicyclic amines) is 1. The first kappa shape index (κ1) is 28.0. The van der Waals surface area contributed by atoms with E-state index in [0.717, 1.165) is 43.2 Å². The lowest BCUT2D eigenvalue weighted by atomic mass is 9.51. The zero-order chi connectivity index (χ0) is 29.9. The van der Waals surface area contributed by atoms with Gasteiger partial charge in [0.05, 0.1) is 35.5 Å². The molecule has 2 aromatic carbocycles. The Balaban J connectivity index is 1.36. The van der Waals surface area contributed by atoms with Crippen molar-refractivity contribution in [3.05, 3.63) is 71.8 Å². The molecule has 0 radical (unpaired) electrons. The number of allylic oxidation sites excluding steroid dienone is 2. The summed E-state index contributed by atoms with van der Waals surface area (Å²) in [6, 6.07) is 16.4. The monoisotopic (exact) mass is 582 g/mol. The third kappa shape index (κ3) is 4.13. The highest BCUT2D eigenvalue weighted by Crippen LogP contribution is 2.64.